The number of likely N-dealkylation sites (tertiary alicyclic amines) is 1. The lowest BCUT2D eigenvalue weighted by atomic mass is 10.0. The van der Waals surface area contributed by atoms with Gasteiger partial charge >= 0.3 is 12.1 Å². The van der Waals surface area contributed by atoms with Crippen molar-refractivity contribution in [1.29, 1.82) is 0 Å². The molecule has 2 rings (SSSR count). The predicted octanol–water partition coefficient (Wildman–Crippen LogP) is 1.20. The first-order valence-electron chi connectivity index (χ1n) is 6.74. The molecule has 0 radical (unpaired) electrons. The highest BCUT2D eigenvalue weighted by atomic mass is 16.6. The molecule has 0 aromatic heterocycles. The summed E-state index contributed by atoms with van der Waals surface area (Å²) in [6, 6.07) is 0.0241. The molecule has 6 heteroatoms. The lowest BCUT2D eigenvalue weighted by molar-refractivity contribution is -0.138. The smallest absolute Gasteiger partial charge is 0.410 e. The van der Waals surface area contributed by atoms with Crippen LogP contribution in [0.25, 0.3) is 0 Å². The van der Waals surface area contributed by atoms with E-state index in [1.54, 1.807) is 4.90 Å². The maximum absolute atomic E-state index is 12.2. The van der Waals surface area contributed by atoms with Crippen molar-refractivity contribution in [3.63, 3.8) is 0 Å². The van der Waals surface area contributed by atoms with E-state index in [2.05, 4.69) is 5.32 Å². The summed E-state index contributed by atoms with van der Waals surface area (Å²) in [5.74, 6) is -0.884. The molecule has 2 bridgehead atoms. The number of carbonyl (C=O) groups excluding carboxylic acids is 1. The molecule has 19 heavy (non-hydrogen) atoms. The van der Waals surface area contributed by atoms with E-state index >= 15 is 0 Å². The number of fused-ring (bicyclic) bond motifs is 2. The standard InChI is InChI=1S/C13H22N2O4/c1-13(2,3)19-12(18)15-7-8-4-5-9(14-8)10(15)6-11(16)17/h8-10,14H,4-7H2,1-3H3,(H,16,17). The quantitative estimate of drug-likeness (QED) is 0.788. The van der Waals surface area contributed by atoms with Crippen molar-refractivity contribution in [2.24, 2.45) is 0 Å². The third kappa shape index (κ3) is 3.37. The number of aliphatic carboxylic acids is 1. The Morgan fingerprint density at radius 3 is 2.63 bits per heavy atom. The second kappa shape index (κ2) is 5.00. The molecule has 2 fully saturated rings. The van der Waals surface area contributed by atoms with E-state index in [0.717, 1.165) is 12.8 Å². The minimum Gasteiger partial charge on any atom is -0.481 e. The van der Waals surface area contributed by atoms with Gasteiger partial charge in [-0.1, -0.05) is 0 Å². The van der Waals surface area contributed by atoms with Gasteiger partial charge in [0.1, 0.15) is 5.60 Å². The number of hydrogen-bond donors (Lipinski definition) is 2. The molecule has 3 unspecified atom stereocenters. The predicted molar refractivity (Wildman–Crippen MR) is 68.9 cm³/mol. The molecular weight excluding hydrogens is 248 g/mol. The highest BCUT2D eigenvalue weighted by molar-refractivity contribution is 5.72. The fourth-order valence-corrected chi connectivity index (χ4v) is 2.85. The van der Waals surface area contributed by atoms with E-state index in [1.807, 2.05) is 20.8 Å². The number of carboxylic acid groups (broad SMARTS) is 1. The molecule has 0 spiro atoms. The van der Waals surface area contributed by atoms with Gasteiger partial charge in [-0.25, -0.2) is 4.79 Å². The van der Waals surface area contributed by atoms with Crippen molar-refractivity contribution in [3.8, 4) is 0 Å². The van der Waals surface area contributed by atoms with Crippen molar-refractivity contribution < 1.29 is 19.4 Å². The van der Waals surface area contributed by atoms with Crippen molar-refractivity contribution in [3.05, 3.63) is 0 Å². The van der Waals surface area contributed by atoms with Crippen LogP contribution in [0.2, 0.25) is 0 Å². The van der Waals surface area contributed by atoms with Crippen LogP contribution in [0.5, 0.6) is 0 Å². The number of amides is 1. The number of rotatable bonds is 2. The maximum atomic E-state index is 12.2. The Hall–Kier alpha value is -1.30. The van der Waals surface area contributed by atoms with E-state index in [1.165, 1.54) is 0 Å². The Morgan fingerprint density at radius 1 is 1.37 bits per heavy atom. The summed E-state index contributed by atoms with van der Waals surface area (Å²) < 4.78 is 5.38. The second-order valence-corrected chi connectivity index (χ2v) is 6.35. The summed E-state index contributed by atoms with van der Waals surface area (Å²) in [4.78, 5) is 24.8. The summed E-state index contributed by atoms with van der Waals surface area (Å²) in [5, 5.41) is 12.4. The van der Waals surface area contributed by atoms with Gasteiger partial charge < -0.3 is 20.1 Å². The number of carboxylic acids is 1. The van der Waals surface area contributed by atoms with Crippen molar-refractivity contribution >= 4 is 12.1 Å². The number of nitrogens with one attached hydrogen (secondary N) is 1. The molecule has 6 nitrogen and oxygen atoms in total. The third-order valence-corrected chi connectivity index (χ3v) is 3.57. The SMILES string of the molecule is CC(C)(C)OC(=O)N1CC2CCC(N2)C1CC(=O)O. The Balaban J connectivity index is 2.11. The van der Waals surface area contributed by atoms with Crippen LogP contribution in [0, 0.1) is 0 Å². The first-order chi connectivity index (χ1) is 8.76. The van der Waals surface area contributed by atoms with Gasteiger partial charge in [0.2, 0.25) is 0 Å². The van der Waals surface area contributed by atoms with Gasteiger partial charge in [0, 0.05) is 18.6 Å². The summed E-state index contributed by atoms with van der Waals surface area (Å²) in [6.07, 6.45) is 1.46. The molecule has 2 saturated heterocycles. The maximum Gasteiger partial charge on any atom is 0.410 e. The number of nitrogens with zero attached hydrogens (tertiary/aromatic N) is 1. The molecule has 0 aromatic carbocycles. The normalized spacial score (nSPS) is 30.3. The van der Waals surface area contributed by atoms with Gasteiger partial charge in [0.15, 0.2) is 0 Å². The molecule has 2 aliphatic heterocycles. The van der Waals surface area contributed by atoms with Crippen LogP contribution in [0.3, 0.4) is 0 Å². The van der Waals surface area contributed by atoms with Gasteiger partial charge in [-0.2, -0.15) is 0 Å². The molecule has 0 saturated carbocycles. The molecule has 2 heterocycles. The average molecular weight is 270 g/mol. The average Bonchev–Trinajstić information content (AvgIpc) is 2.62. The molecule has 0 aliphatic carbocycles. The van der Waals surface area contributed by atoms with Crippen molar-refractivity contribution in [1.82, 2.24) is 10.2 Å². The van der Waals surface area contributed by atoms with Crippen molar-refractivity contribution in [2.75, 3.05) is 6.54 Å². The third-order valence-electron chi connectivity index (χ3n) is 3.57. The zero-order chi connectivity index (χ0) is 14.2. The van der Waals surface area contributed by atoms with Gasteiger partial charge in [-0.3, -0.25) is 4.79 Å². The van der Waals surface area contributed by atoms with Crippen LogP contribution in [0.15, 0.2) is 0 Å². The number of ether oxygens (including phenoxy) is 1. The summed E-state index contributed by atoms with van der Waals surface area (Å²) in [7, 11) is 0. The van der Waals surface area contributed by atoms with Crippen LogP contribution < -0.4 is 5.32 Å². The van der Waals surface area contributed by atoms with E-state index in [4.69, 9.17) is 9.84 Å². The molecule has 1 amide bonds. The molecule has 3 atom stereocenters. The van der Waals surface area contributed by atoms with Crippen LogP contribution >= 0.6 is 0 Å². The summed E-state index contributed by atoms with van der Waals surface area (Å²) in [5.41, 5.74) is -0.561. The van der Waals surface area contributed by atoms with Gasteiger partial charge in [-0.15, -0.1) is 0 Å². The largest absolute Gasteiger partial charge is 0.481 e. The molecule has 2 aliphatic rings. The fraction of sp³-hybridized carbons (Fsp3) is 0.846. The number of carbonyl (C=O) groups is 2. The summed E-state index contributed by atoms with van der Waals surface area (Å²) >= 11 is 0. The minimum absolute atomic E-state index is 0.0381. The monoisotopic (exact) mass is 270 g/mol. The highest BCUT2D eigenvalue weighted by Gasteiger charge is 2.44. The first kappa shape index (κ1) is 14.1. The topological polar surface area (TPSA) is 78.9 Å². The van der Waals surface area contributed by atoms with Crippen LogP contribution in [0.1, 0.15) is 40.0 Å². The number of piperazine rings is 1. The fourth-order valence-electron chi connectivity index (χ4n) is 2.85. The highest BCUT2D eigenvalue weighted by Crippen LogP contribution is 2.28. The van der Waals surface area contributed by atoms with E-state index in [0.29, 0.717) is 6.54 Å². The number of hydrogen-bond acceptors (Lipinski definition) is 4. The van der Waals surface area contributed by atoms with Gasteiger partial charge in [0.25, 0.3) is 0 Å². The van der Waals surface area contributed by atoms with Crippen LogP contribution in [-0.4, -0.2) is 52.3 Å². The lowest BCUT2D eigenvalue weighted by Crippen LogP contribution is -2.60. The minimum atomic E-state index is -0.884. The Bertz CT molecular complexity index is 377. The molecular formula is C13H22N2O4. The molecule has 108 valence electrons. The zero-order valence-electron chi connectivity index (χ0n) is 11.7. The van der Waals surface area contributed by atoms with E-state index < -0.39 is 17.7 Å². The molecule has 0 aromatic rings. The van der Waals surface area contributed by atoms with Crippen LogP contribution in [-0.2, 0) is 9.53 Å². The Labute approximate surface area is 113 Å². The zero-order valence-corrected chi connectivity index (χ0v) is 11.7. The Kier molecular flexibility index (Phi) is 3.71. The molecule has 2 N–H and O–H groups in total. The Morgan fingerprint density at radius 2 is 2.05 bits per heavy atom. The van der Waals surface area contributed by atoms with Crippen molar-refractivity contribution in [2.45, 2.75) is 63.8 Å². The lowest BCUT2D eigenvalue weighted by Gasteiger charge is -2.40. The van der Waals surface area contributed by atoms with Gasteiger partial charge in [0.05, 0.1) is 12.5 Å². The van der Waals surface area contributed by atoms with E-state index in [-0.39, 0.29) is 24.5 Å². The summed E-state index contributed by atoms with van der Waals surface area (Å²) in [6.45, 7) is 5.97. The van der Waals surface area contributed by atoms with E-state index in [9.17, 15) is 9.59 Å². The van der Waals surface area contributed by atoms with Gasteiger partial charge in [-0.05, 0) is 33.6 Å². The van der Waals surface area contributed by atoms with Crippen LogP contribution in [0.4, 0.5) is 4.79 Å². The second-order valence-electron chi connectivity index (χ2n) is 6.35. The first-order valence-corrected chi connectivity index (χ1v) is 6.74.